The van der Waals surface area contributed by atoms with Crippen molar-refractivity contribution < 1.29 is 9.53 Å². The van der Waals surface area contributed by atoms with E-state index >= 15 is 0 Å². The summed E-state index contributed by atoms with van der Waals surface area (Å²) in [6.07, 6.45) is 6.42. The summed E-state index contributed by atoms with van der Waals surface area (Å²) in [5, 5.41) is 3.83. The van der Waals surface area contributed by atoms with E-state index in [1.807, 2.05) is 27.7 Å². The van der Waals surface area contributed by atoms with E-state index in [4.69, 9.17) is 10.5 Å². The third-order valence-corrected chi connectivity index (χ3v) is 4.67. The lowest BCUT2D eigenvalue weighted by Gasteiger charge is -2.20. The number of amides is 1. The molecule has 0 aliphatic heterocycles. The minimum atomic E-state index is -0.469. The third-order valence-electron chi connectivity index (χ3n) is 4.67. The summed E-state index contributed by atoms with van der Waals surface area (Å²) in [5.41, 5.74) is 7.53. The molecule has 25 heavy (non-hydrogen) atoms. The number of nitrogens with two attached hydrogens (primary N) is 1. The molecule has 136 valence electrons. The minimum Gasteiger partial charge on any atom is -0.444 e. The molecule has 1 saturated carbocycles. The van der Waals surface area contributed by atoms with Crippen LogP contribution < -0.4 is 11.1 Å². The maximum Gasteiger partial charge on any atom is 0.407 e. The second kappa shape index (κ2) is 6.54. The highest BCUT2D eigenvalue weighted by Crippen LogP contribution is 2.37. The number of hydrogen-bond acceptors (Lipinski definition) is 5. The molecule has 1 aliphatic carbocycles. The highest BCUT2D eigenvalue weighted by Gasteiger charge is 2.28. The van der Waals surface area contributed by atoms with E-state index in [1.54, 1.807) is 0 Å². The predicted molar refractivity (Wildman–Crippen MR) is 97.3 cm³/mol. The zero-order chi connectivity index (χ0) is 18.2. The van der Waals surface area contributed by atoms with Crippen molar-refractivity contribution in [3.8, 4) is 0 Å². The van der Waals surface area contributed by atoms with Crippen molar-refractivity contribution >= 4 is 22.9 Å². The van der Waals surface area contributed by atoms with Crippen LogP contribution in [-0.2, 0) is 4.74 Å². The predicted octanol–water partition coefficient (Wildman–Crippen LogP) is 3.19. The van der Waals surface area contributed by atoms with E-state index in [1.165, 1.54) is 6.33 Å². The number of carbonyl (C=O) groups excluding carboxylic acids is 1. The third kappa shape index (κ3) is 3.86. The van der Waals surface area contributed by atoms with Crippen LogP contribution >= 0.6 is 0 Å². The van der Waals surface area contributed by atoms with Crippen molar-refractivity contribution in [3.05, 3.63) is 18.1 Å². The van der Waals surface area contributed by atoms with Crippen molar-refractivity contribution in [2.45, 2.75) is 58.6 Å². The Hall–Kier alpha value is -2.31. The minimum absolute atomic E-state index is 0.348. The Kier molecular flexibility index (Phi) is 4.58. The van der Waals surface area contributed by atoms with E-state index in [2.05, 4.69) is 26.0 Å². The zero-order valence-corrected chi connectivity index (χ0v) is 15.4. The topological polar surface area (TPSA) is 95.1 Å². The van der Waals surface area contributed by atoms with E-state index in [0.717, 1.165) is 35.9 Å². The Labute approximate surface area is 148 Å². The number of rotatable bonds is 3. The molecule has 2 heterocycles. The molecular formula is C18H27N5O2. The van der Waals surface area contributed by atoms with Gasteiger partial charge in [-0.15, -0.1) is 0 Å². The molecule has 2 aromatic rings. The van der Waals surface area contributed by atoms with Gasteiger partial charge < -0.3 is 20.4 Å². The lowest BCUT2D eigenvalue weighted by molar-refractivity contribution is 0.0519. The van der Waals surface area contributed by atoms with Gasteiger partial charge in [-0.2, -0.15) is 0 Å². The molecule has 2 atom stereocenters. The maximum atomic E-state index is 11.8. The number of nitrogen functional groups attached to an aromatic ring is 1. The number of fused-ring (bicyclic) bond motifs is 1. The Morgan fingerprint density at radius 3 is 2.88 bits per heavy atom. The summed E-state index contributed by atoms with van der Waals surface area (Å²) < 4.78 is 7.52. The van der Waals surface area contributed by atoms with Crippen molar-refractivity contribution in [1.82, 2.24) is 19.9 Å². The first-order valence-corrected chi connectivity index (χ1v) is 8.79. The number of hydrogen-bond donors (Lipinski definition) is 2. The van der Waals surface area contributed by atoms with Gasteiger partial charge in [0.1, 0.15) is 23.4 Å². The fraction of sp³-hybridized carbons (Fsp3) is 0.611. The SMILES string of the molecule is Cc1cn([C@H]2CC[C@@H](CNC(=O)OC(C)(C)C)C2)c2ncnc(N)c12. The molecule has 1 fully saturated rings. The molecule has 0 aromatic carbocycles. The average Bonchev–Trinajstić information content (AvgIpc) is 3.09. The Balaban J connectivity index is 1.64. The number of alkyl carbamates (subject to hydrolysis) is 1. The second-order valence-corrected chi connectivity index (χ2v) is 7.89. The molecule has 0 saturated heterocycles. The van der Waals surface area contributed by atoms with E-state index in [0.29, 0.717) is 24.3 Å². The van der Waals surface area contributed by atoms with Crippen molar-refractivity contribution in [2.24, 2.45) is 5.92 Å². The average molecular weight is 345 g/mol. The van der Waals surface area contributed by atoms with Gasteiger partial charge in [-0.1, -0.05) is 0 Å². The van der Waals surface area contributed by atoms with Crippen LogP contribution in [0.4, 0.5) is 10.6 Å². The van der Waals surface area contributed by atoms with Crippen LogP contribution in [0.2, 0.25) is 0 Å². The molecule has 1 aliphatic rings. The van der Waals surface area contributed by atoms with Crippen LogP contribution in [-0.4, -0.2) is 32.8 Å². The van der Waals surface area contributed by atoms with E-state index < -0.39 is 5.60 Å². The van der Waals surface area contributed by atoms with Crippen molar-refractivity contribution in [3.63, 3.8) is 0 Å². The Bertz CT molecular complexity index is 778. The summed E-state index contributed by atoms with van der Waals surface area (Å²) >= 11 is 0. The highest BCUT2D eigenvalue weighted by molar-refractivity contribution is 5.89. The number of aryl methyl sites for hydroxylation is 1. The van der Waals surface area contributed by atoms with Crippen LogP contribution in [0.25, 0.3) is 11.0 Å². The molecular weight excluding hydrogens is 318 g/mol. The normalized spacial score (nSPS) is 20.8. The standard InChI is InChI=1S/C18H27N5O2/c1-11-9-23(16-14(11)15(19)21-10-22-16)13-6-5-12(7-13)8-20-17(24)25-18(2,3)4/h9-10,12-13H,5-8H2,1-4H3,(H,20,24)(H2,19,21,22)/t12-,13+/m1/s1. The van der Waals surface area contributed by atoms with E-state index in [-0.39, 0.29) is 6.09 Å². The van der Waals surface area contributed by atoms with Gasteiger partial charge in [-0.05, 0) is 58.4 Å². The van der Waals surface area contributed by atoms with Crippen LogP contribution in [0, 0.1) is 12.8 Å². The largest absolute Gasteiger partial charge is 0.444 e. The molecule has 0 unspecified atom stereocenters. The molecule has 2 aromatic heterocycles. The molecule has 3 N–H and O–H groups in total. The van der Waals surface area contributed by atoms with Crippen molar-refractivity contribution in [2.75, 3.05) is 12.3 Å². The maximum absolute atomic E-state index is 11.8. The number of carbonyl (C=O) groups is 1. The lowest BCUT2D eigenvalue weighted by Crippen LogP contribution is -2.34. The molecule has 3 rings (SSSR count). The number of aromatic nitrogens is 3. The van der Waals surface area contributed by atoms with Gasteiger partial charge in [0, 0.05) is 18.8 Å². The monoisotopic (exact) mass is 345 g/mol. The summed E-state index contributed by atoms with van der Waals surface area (Å²) in [4.78, 5) is 20.3. The van der Waals surface area contributed by atoms with Crippen LogP contribution in [0.3, 0.4) is 0 Å². The molecule has 0 radical (unpaired) electrons. The summed E-state index contributed by atoms with van der Waals surface area (Å²) in [7, 11) is 0. The molecule has 1 amide bonds. The lowest BCUT2D eigenvalue weighted by atomic mass is 10.1. The number of anilines is 1. The van der Waals surface area contributed by atoms with Gasteiger partial charge in [0.05, 0.1) is 5.39 Å². The van der Waals surface area contributed by atoms with Gasteiger partial charge in [-0.3, -0.25) is 0 Å². The van der Waals surface area contributed by atoms with Gasteiger partial charge >= 0.3 is 6.09 Å². The molecule has 0 bridgehead atoms. The van der Waals surface area contributed by atoms with Crippen LogP contribution in [0.15, 0.2) is 12.5 Å². The summed E-state index contributed by atoms with van der Waals surface area (Å²) in [6, 6.07) is 0.371. The summed E-state index contributed by atoms with van der Waals surface area (Å²) in [6.45, 7) is 8.28. The Morgan fingerprint density at radius 1 is 1.40 bits per heavy atom. The van der Waals surface area contributed by atoms with Crippen molar-refractivity contribution in [1.29, 1.82) is 0 Å². The first-order chi connectivity index (χ1) is 11.7. The smallest absolute Gasteiger partial charge is 0.407 e. The number of ether oxygens (including phenoxy) is 1. The molecule has 0 spiro atoms. The molecule has 7 nitrogen and oxygen atoms in total. The first kappa shape index (κ1) is 17.5. The first-order valence-electron chi connectivity index (χ1n) is 8.79. The zero-order valence-electron chi connectivity index (χ0n) is 15.4. The van der Waals surface area contributed by atoms with Gasteiger partial charge in [0.25, 0.3) is 0 Å². The molecule has 7 heteroatoms. The number of nitrogens with one attached hydrogen (secondary N) is 1. The fourth-order valence-corrected chi connectivity index (χ4v) is 3.60. The Morgan fingerprint density at radius 2 is 2.16 bits per heavy atom. The summed E-state index contributed by atoms with van der Waals surface area (Å²) in [5.74, 6) is 0.969. The van der Waals surface area contributed by atoms with Gasteiger partial charge in [0.15, 0.2) is 0 Å². The van der Waals surface area contributed by atoms with Gasteiger partial charge in [-0.25, -0.2) is 14.8 Å². The highest BCUT2D eigenvalue weighted by atomic mass is 16.6. The quantitative estimate of drug-likeness (QED) is 0.891. The van der Waals surface area contributed by atoms with Gasteiger partial charge in [0.2, 0.25) is 0 Å². The fourth-order valence-electron chi connectivity index (χ4n) is 3.60. The van der Waals surface area contributed by atoms with Crippen LogP contribution in [0.1, 0.15) is 51.6 Å². The second-order valence-electron chi connectivity index (χ2n) is 7.89. The van der Waals surface area contributed by atoms with Crippen LogP contribution in [0.5, 0.6) is 0 Å². The van der Waals surface area contributed by atoms with E-state index in [9.17, 15) is 4.79 Å². The number of nitrogens with zero attached hydrogens (tertiary/aromatic N) is 3.